The number of nitrogens with one attached hydrogen (secondary N) is 1. The second-order valence-electron chi connectivity index (χ2n) is 5.92. The Morgan fingerprint density at radius 1 is 1.15 bits per heavy atom. The summed E-state index contributed by atoms with van der Waals surface area (Å²) in [5.41, 5.74) is 1.60. The fourth-order valence-corrected chi connectivity index (χ4v) is 2.68. The fraction of sp³-hybridized carbons (Fsp3) is 0.105. The third kappa shape index (κ3) is 3.26. The minimum Gasteiger partial charge on any atom is -0.457 e. The summed E-state index contributed by atoms with van der Waals surface area (Å²) in [7, 11) is 0. The van der Waals surface area contributed by atoms with Crippen LogP contribution in [0, 0.1) is 11.3 Å². The van der Waals surface area contributed by atoms with Crippen LogP contribution in [0.2, 0.25) is 0 Å². The normalized spacial score (nSPS) is 12.7. The lowest BCUT2D eigenvalue weighted by Crippen LogP contribution is -2.19. The van der Waals surface area contributed by atoms with Crippen molar-refractivity contribution in [3.05, 3.63) is 54.4 Å². The number of fused-ring (bicyclic) bond motifs is 1. The van der Waals surface area contributed by atoms with E-state index in [1.165, 1.54) is 4.68 Å². The predicted molar refractivity (Wildman–Crippen MR) is 99.0 cm³/mol. The third-order valence-corrected chi connectivity index (χ3v) is 3.92. The van der Waals surface area contributed by atoms with Crippen molar-refractivity contribution in [2.24, 2.45) is 4.99 Å². The summed E-state index contributed by atoms with van der Waals surface area (Å²) < 4.78 is 6.89. The van der Waals surface area contributed by atoms with Crippen molar-refractivity contribution in [2.45, 2.75) is 13.3 Å². The molecule has 0 spiro atoms. The Hall–Kier alpha value is -3.99. The topological polar surface area (TPSA) is 105 Å². The first-order valence-corrected chi connectivity index (χ1v) is 8.19. The predicted octanol–water partition coefficient (Wildman–Crippen LogP) is 3.82. The zero-order chi connectivity index (χ0) is 18.8. The molecule has 8 heteroatoms. The summed E-state index contributed by atoms with van der Waals surface area (Å²) in [5, 5.41) is 16.7. The molecule has 0 bridgehead atoms. The average molecular weight is 358 g/mol. The van der Waals surface area contributed by atoms with E-state index in [2.05, 4.69) is 26.5 Å². The van der Waals surface area contributed by atoms with Crippen LogP contribution in [0.15, 0.2) is 53.8 Å². The van der Waals surface area contributed by atoms with Gasteiger partial charge in [0, 0.05) is 23.8 Å². The van der Waals surface area contributed by atoms with Gasteiger partial charge in [-0.3, -0.25) is 9.78 Å². The molecule has 1 aliphatic rings. The van der Waals surface area contributed by atoms with Crippen LogP contribution in [0.3, 0.4) is 0 Å². The molecule has 0 aliphatic carbocycles. The molecular weight excluding hydrogens is 344 g/mol. The van der Waals surface area contributed by atoms with E-state index in [1.807, 2.05) is 0 Å². The highest BCUT2D eigenvalue weighted by Gasteiger charge is 2.25. The van der Waals surface area contributed by atoms with E-state index in [1.54, 1.807) is 55.7 Å². The molecule has 27 heavy (non-hydrogen) atoms. The maximum absolute atomic E-state index is 12.1. The van der Waals surface area contributed by atoms with Gasteiger partial charge in [-0.15, -0.1) is 5.10 Å². The molecule has 0 radical (unpaired) electrons. The molecule has 1 aromatic carbocycles. The third-order valence-electron chi connectivity index (χ3n) is 3.92. The number of pyridine rings is 1. The van der Waals surface area contributed by atoms with Crippen LogP contribution in [-0.2, 0) is 0 Å². The number of aromatic nitrogens is 3. The molecule has 2 aromatic heterocycles. The Morgan fingerprint density at radius 3 is 2.56 bits per heavy atom. The number of hydrogen-bond donors (Lipinski definition) is 1. The Balaban J connectivity index is 1.57. The molecule has 0 fully saturated rings. The fourth-order valence-electron chi connectivity index (χ4n) is 2.68. The van der Waals surface area contributed by atoms with Gasteiger partial charge in [-0.25, -0.2) is 4.99 Å². The zero-order valence-corrected chi connectivity index (χ0v) is 14.4. The summed E-state index contributed by atoms with van der Waals surface area (Å²) in [4.78, 5) is 20.4. The van der Waals surface area contributed by atoms with Crippen LogP contribution in [0.1, 0.15) is 23.7 Å². The van der Waals surface area contributed by atoms with Crippen molar-refractivity contribution in [3.63, 3.8) is 0 Å². The summed E-state index contributed by atoms with van der Waals surface area (Å²) in [5.74, 6) is 1.70. The Morgan fingerprint density at radius 2 is 1.85 bits per heavy atom. The van der Waals surface area contributed by atoms with Crippen molar-refractivity contribution in [2.75, 3.05) is 5.32 Å². The van der Waals surface area contributed by atoms with E-state index in [0.29, 0.717) is 28.7 Å². The summed E-state index contributed by atoms with van der Waals surface area (Å²) in [6.07, 6.45) is 3.50. The van der Waals surface area contributed by atoms with Crippen molar-refractivity contribution in [1.82, 2.24) is 14.8 Å². The Labute approximate surface area is 154 Å². The average Bonchev–Trinajstić information content (AvgIpc) is 3.01. The van der Waals surface area contributed by atoms with Crippen molar-refractivity contribution in [3.8, 4) is 17.6 Å². The SMILES string of the molecule is CC1=Nc2c(C#N)c(Nc3ccc(Oc4ccncc4)cc3)nn2C(=O)C1. The number of carbonyl (C=O) groups is 1. The van der Waals surface area contributed by atoms with E-state index in [9.17, 15) is 10.1 Å². The number of hydrogen-bond acceptors (Lipinski definition) is 7. The number of carbonyl (C=O) groups excluding carboxylic acids is 1. The second-order valence-corrected chi connectivity index (χ2v) is 5.92. The van der Waals surface area contributed by atoms with Gasteiger partial charge in [0.05, 0.1) is 6.42 Å². The van der Waals surface area contributed by atoms with Crippen LogP contribution in [0.5, 0.6) is 11.5 Å². The first-order valence-electron chi connectivity index (χ1n) is 8.19. The minimum absolute atomic E-state index is 0.194. The van der Waals surface area contributed by atoms with Gasteiger partial charge < -0.3 is 10.1 Å². The maximum atomic E-state index is 12.1. The number of rotatable bonds is 4. The lowest BCUT2D eigenvalue weighted by molar-refractivity contribution is 0.0906. The molecule has 132 valence electrons. The van der Waals surface area contributed by atoms with E-state index in [-0.39, 0.29) is 23.7 Å². The molecule has 3 heterocycles. The van der Waals surface area contributed by atoms with Crippen molar-refractivity contribution in [1.29, 1.82) is 5.26 Å². The lowest BCUT2D eigenvalue weighted by Gasteiger charge is -2.08. The van der Waals surface area contributed by atoms with Crippen LogP contribution >= 0.6 is 0 Å². The Bertz CT molecular complexity index is 1080. The molecule has 4 rings (SSSR count). The number of ether oxygens (including phenoxy) is 1. The standard InChI is InChI=1S/C19H14N6O2/c1-12-10-17(26)25-19(22-12)16(11-20)18(24-25)23-13-2-4-14(5-3-13)27-15-6-8-21-9-7-15/h2-9H,10H2,1H3,(H,23,24). The molecule has 0 unspecified atom stereocenters. The second kappa shape index (κ2) is 6.72. The smallest absolute Gasteiger partial charge is 0.254 e. The lowest BCUT2D eigenvalue weighted by atomic mass is 10.2. The number of benzene rings is 1. The van der Waals surface area contributed by atoms with Gasteiger partial charge in [-0.05, 0) is 43.3 Å². The first kappa shape index (κ1) is 16.5. The van der Waals surface area contributed by atoms with Crippen molar-refractivity contribution >= 4 is 28.9 Å². The quantitative estimate of drug-likeness (QED) is 0.760. The number of nitriles is 1. The molecule has 0 saturated carbocycles. The van der Waals surface area contributed by atoms with Crippen LogP contribution in [-0.4, -0.2) is 26.4 Å². The molecule has 1 aliphatic heterocycles. The molecule has 0 amide bonds. The van der Waals surface area contributed by atoms with Crippen LogP contribution in [0.25, 0.3) is 0 Å². The van der Waals surface area contributed by atoms with Gasteiger partial charge in [0.2, 0.25) is 0 Å². The van der Waals surface area contributed by atoms with E-state index < -0.39 is 0 Å². The van der Waals surface area contributed by atoms with E-state index >= 15 is 0 Å². The summed E-state index contributed by atoms with van der Waals surface area (Å²) >= 11 is 0. The maximum Gasteiger partial charge on any atom is 0.254 e. The minimum atomic E-state index is -0.205. The highest BCUT2D eigenvalue weighted by molar-refractivity contribution is 6.05. The van der Waals surface area contributed by atoms with Gasteiger partial charge in [0.15, 0.2) is 11.6 Å². The highest BCUT2D eigenvalue weighted by Crippen LogP contribution is 2.32. The van der Waals surface area contributed by atoms with Crippen molar-refractivity contribution < 1.29 is 9.53 Å². The monoisotopic (exact) mass is 358 g/mol. The highest BCUT2D eigenvalue weighted by atomic mass is 16.5. The number of anilines is 2. The molecular formula is C19H14N6O2. The van der Waals surface area contributed by atoms with Crippen LogP contribution in [0.4, 0.5) is 17.3 Å². The molecule has 1 N–H and O–H groups in total. The van der Waals surface area contributed by atoms with Gasteiger partial charge in [0.1, 0.15) is 23.1 Å². The van der Waals surface area contributed by atoms with Crippen LogP contribution < -0.4 is 10.1 Å². The van der Waals surface area contributed by atoms with Gasteiger partial charge >= 0.3 is 0 Å². The molecule has 8 nitrogen and oxygen atoms in total. The number of nitrogens with zero attached hydrogens (tertiary/aromatic N) is 5. The summed E-state index contributed by atoms with van der Waals surface area (Å²) in [6, 6.07) is 12.8. The van der Waals surface area contributed by atoms with E-state index in [4.69, 9.17) is 4.74 Å². The number of aliphatic imine (C=N–C) groups is 1. The molecule has 3 aromatic rings. The largest absolute Gasteiger partial charge is 0.457 e. The zero-order valence-electron chi connectivity index (χ0n) is 14.4. The summed E-state index contributed by atoms with van der Waals surface area (Å²) in [6.45, 7) is 1.75. The van der Waals surface area contributed by atoms with Gasteiger partial charge in [0.25, 0.3) is 5.91 Å². The molecule has 0 saturated heterocycles. The Kier molecular flexibility index (Phi) is 4.10. The first-order chi connectivity index (χ1) is 13.1. The van der Waals surface area contributed by atoms with Gasteiger partial charge in [-0.1, -0.05) is 0 Å². The molecule has 0 atom stereocenters. The van der Waals surface area contributed by atoms with Gasteiger partial charge in [-0.2, -0.15) is 9.94 Å². The van der Waals surface area contributed by atoms with E-state index in [0.717, 1.165) is 0 Å².